The van der Waals surface area contributed by atoms with Gasteiger partial charge in [-0.25, -0.2) is 17.9 Å². The number of hydrogen-bond acceptors (Lipinski definition) is 4. The molecule has 0 aromatic heterocycles. The summed E-state index contributed by atoms with van der Waals surface area (Å²) in [5.74, 6) is -0.609. The molecular weight excluding hydrogens is 329 g/mol. The highest BCUT2D eigenvalue weighted by molar-refractivity contribution is 9.10. The van der Waals surface area contributed by atoms with Gasteiger partial charge in [-0.3, -0.25) is 0 Å². The van der Waals surface area contributed by atoms with Crippen LogP contribution in [0, 0.1) is 5.82 Å². The molecule has 1 aromatic rings. The van der Waals surface area contributed by atoms with Crippen molar-refractivity contribution in [1.29, 1.82) is 0 Å². The molecule has 0 bridgehead atoms. The van der Waals surface area contributed by atoms with E-state index in [2.05, 4.69) is 15.9 Å². The van der Waals surface area contributed by atoms with Gasteiger partial charge in [0.25, 0.3) is 0 Å². The Kier molecular flexibility index (Phi) is 6.00. The highest BCUT2D eigenvalue weighted by Gasteiger charge is 2.04. The molecule has 0 aliphatic heterocycles. The van der Waals surface area contributed by atoms with Crippen molar-refractivity contribution in [1.82, 2.24) is 0 Å². The van der Waals surface area contributed by atoms with Gasteiger partial charge in [0.05, 0.1) is 19.0 Å². The van der Waals surface area contributed by atoms with E-state index in [-0.39, 0.29) is 31.3 Å². The normalized spacial score (nSPS) is 11.5. The predicted molar refractivity (Wildman–Crippen MR) is 68.4 cm³/mol. The lowest BCUT2D eigenvalue weighted by molar-refractivity contribution is 0.109. The Bertz CT molecular complexity index is 495. The van der Waals surface area contributed by atoms with Crippen molar-refractivity contribution in [3.63, 3.8) is 0 Å². The first-order valence-electron chi connectivity index (χ1n) is 5.04. The molecule has 2 N–H and O–H groups in total. The lowest BCUT2D eigenvalue weighted by Crippen LogP contribution is -2.21. The van der Waals surface area contributed by atoms with E-state index in [1.807, 2.05) is 0 Å². The maximum Gasteiger partial charge on any atom is 0.211 e. The van der Waals surface area contributed by atoms with Crippen molar-refractivity contribution in [2.75, 3.05) is 25.6 Å². The fraction of sp³-hybridized carbons (Fsp3) is 0.400. The molecular formula is C10H13BrFNO4S. The molecule has 1 aromatic carbocycles. The van der Waals surface area contributed by atoms with E-state index < -0.39 is 15.8 Å². The first-order chi connectivity index (χ1) is 8.38. The molecule has 0 saturated heterocycles. The van der Waals surface area contributed by atoms with Gasteiger partial charge >= 0.3 is 0 Å². The molecule has 0 atom stereocenters. The number of nitrogens with two attached hydrogens (primary N) is 1. The van der Waals surface area contributed by atoms with Gasteiger partial charge in [-0.1, -0.05) is 15.9 Å². The monoisotopic (exact) mass is 341 g/mol. The first-order valence-corrected chi connectivity index (χ1v) is 7.55. The van der Waals surface area contributed by atoms with Crippen molar-refractivity contribution < 1.29 is 22.3 Å². The SMILES string of the molecule is NS(=O)(=O)CCOCCOc1ccc(Br)cc1F. The smallest absolute Gasteiger partial charge is 0.211 e. The average Bonchev–Trinajstić information content (AvgIpc) is 2.24. The van der Waals surface area contributed by atoms with E-state index in [9.17, 15) is 12.8 Å². The van der Waals surface area contributed by atoms with Gasteiger partial charge in [-0.15, -0.1) is 0 Å². The Morgan fingerprint density at radius 2 is 2.00 bits per heavy atom. The summed E-state index contributed by atoms with van der Waals surface area (Å²) in [6, 6.07) is 4.43. The highest BCUT2D eigenvalue weighted by Crippen LogP contribution is 2.21. The lowest BCUT2D eigenvalue weighted by atomic mass is 10.3. The summed E-state index contributed by atoms with van der Waals surface area (Å²) >= 11 is 3.13. The molecule has 0 amide bonds. The zero-order valence-electron chi connectivity index (χ0n) is 9.43. The van der Waals surface area contributed by atoms with Crippen LogP contribution in [0.5, 0.6) is 5.75 Å². The predicted octanol–water partition coefficient (Wildman–Crippen LogP) is 1.27. The van der Waals surface area contributed by atoms with Crippen LogP contribution in [0.4, 0.5) is 4.39 Å². The second kappa shape index (κ2) is 7.03. The summed E-state index contributed by atoms with van der Waals surface area (Å²) in [4.78, 5) is 0. The van der Waals surface area contributed by atoms with Gasteiger partial charge < -0.3 is 9.47 Å². The zero-order chi connectivity index (χ0) is 13.6. The summed E-state index contributed by atoms with van der Waals surface area (Å²) in [6.45, 7) is 0.277. The van der Waals surface area contributed by atoms with Crippen LogP contribution in [0.2, 0.25) is 0 Å². The van der Waals surface area contributed by atoms with Gasteiger partial charge in [-0.2, -0.15) is 0 Å². The fourth-order valence-corrected chi connectivity index (χ4v) is 1.76. The first kappa shape index (κ1) is 15.4. The van der Waals surface area contributed by atoms with Crippen LogP contribution in [0.25, 0.3) is 0 Å². The number of hydrogen-bond donors (Lipinski definition) is 1. The molecule has 0 fully saturated rings. The average molecular weight is 342 g/mol. The summed E-state index contributed by atoms with van der Waals surface area (Å²) in [5.41, 5.74) is 0. The molecule has 0 aliphatic carbocycles. The minimum atomic E-state index is -3.51. The van der Waals surface area contributed by atoms with Crippen LogP contribution in [-0.2, 0) is 14.8 Å². The molecule has 102 valence electrons. The fourth-order valence-electron chi connectivity index (χ4n) is 1.08. The van der Waals surface area contributed by atoms with E-state index in [1.165, 1.54) is 12.1 Å². The largest absolute Gasteiger partial charge is 0.488 e. The lowest BCUT2D eigenvalue weighted by Gasteiger charge is -2.07. The summed E-state index contributed by atoms with van der Waals surface area (Å²) in [6.07, 6.45) is 0. The number of ether oxygens (including phenoxy) is 2. The van der Waals surface area contributed by atoms with Crippen molar-refractivity contribution in [2.24, 2.45) is 5.14 Å². The van der Waals surface area contributed by atoms with Gasteiger partial charge in [0.1, 0.15) is 6.61 Å². The van der Waals surface area contributed by atoms with Crippen LogP contribution in [0.15, 0.2) is 22.7 Å². The number of primary sulfonamides is 1. The zero-order valence-corrected chi connectivity index (χ0v) is 11.8. The molecule has 0 unspecified atom stereocenters. The number of halogens is 2. The third kappa shape index (κ3) is 6.29. The van der Waals surface area contributed by atoms with Crippen LogP contribution < -0.4 is 9.88 Å². The van der Waals surface area contributed by atoms with Crippen molar-refractivity contribution in [3.8, 4) is 5.75 Å². The van der Waals surface area contributed by atoms with E-state index in [4.69, 9.17) is 14.6 Å². The molecule has 0 aliphatic rings. The summed E-state index contributed by atoms with van der Waals surface area (Å²) in [7, 11) is -3.51. The summed E-state index contributed by atoms with van der Waals surface area (Å²) in [5, 5.41) is 4.78. The molecule has 18 heavy (non-hydrogen) atoms. The van der Waals surface area contributed by atoms with E-state index >= 15 is 0 Å². The Hall–Kier alpha value is -0.700. The summed E-state index contributed by atoms with van der Waals surface area (Å²) < 4.78 is 45.2. The third-order valence-corrected chi connectivity index (χ3v) is 3.12. The maximum absolute atomic E-state index is 13.3. The second-order valence-corrected chi connectivity index (χ2v) is 6.05. The minimum Gasteiger partial charge on any atom is -0.488 e. The molecule has 0 saturated carbocycles. The van der Waals surface area contributed by atoms with E-state index in [0.29, 0.717) is 4.47 Å². The molecule has 0 heterocycles. The molecule has 5 nitrogen and oxygen atoms in total. The second-order valence-electron chi connectivity index (χ2n) is 3.40. The number of benzene rings is 1. The Labute approximate surface area is 113 Å². The van der Waals surface area contributed by atoms with Gasteiger partial charge in [-0.05, 0) is 18.2 Å². The number of rotatable bonds is 7. The Morgan fingerprint density at radius 1 is 1.28 bits per heavy atom. The topological polar surface area (TPSA) is 78.6 Å². The van der Waals surface area contributed by atoms with Crippen molar-refractivity contribution in [2.45, 2.75) is 0 Å². The molecule has 8 heteroatoms. The molecule has 1 rings (SSSR count). The van der Waals surface area contributed by atoms with Gasteiger partial charge in [0, 0.05) is 4.47 Å². The quantitative estimate of drug-likeness (QED) is 0.757. The van der Waals surface area contributed by atoms with Gasteiger partial charge in [0.2, 0.25) is 10.0 Å². The van der Waals surface area contributed by atoms with E-state index in [0.717, 1.165) is 0 Å². The maximum atomic E-state index is 13.3. The van der Waals surface area contributed by atoms with Crippen LogP contribution >= 0.6 is 15.9 Å². The van der Waals surface area contributed by atoms with Crippen molar-refractivity contribution in [3.05, 3.63) is 28.5 Å². The molecule has 0 spiro atoms. The van der Waals surface area contributed by atoms with Crippen molar-refractivity contribution >= 4 is 26.0 Å². The highest BCUT2D eigenvalue weighted by atomic mass is 79.9. The number of sulfonamides is 1. The van der Waals surface area contributed by atoms with Gasteiger partial charge in [0.15, 0.2) is 11.6 Å². The van der Waals surface area contributed by atoms with Crippen LogP contribution in [0.1, 0.15) is 0 Å². The third-order valence-electron chi connectivity index (χ3n) is 1.89. The van der Waals surface area contributed by atoms with Crippen LogP contribution in [-0.4, -0.2) is 34.0 Å². The van der Waals surface area contributed by atoms with E-state index in [1.54, 1.807) is 6.07 Å². The standard InChI is InChI=1S/C10H13BrFNO4S/c11-8-1-2-10(9(12)7-8)17-4-3-16-5-6-18(13,14)15/h1-2,7H,3-6H2,(H2,13,14,15). The van der Waals surface area contributed by atoms with Crippen LogP contribution in [0.3, 0.4) is 0 Å². The Morgan fingerprint density at radius 3 is 2.61 bits per heavy atom. The molecule has 0 radical (unpaired) electrons. The minimum absolute atomic E-state index is 0.00892. The Balaban J connectivity index is 2.22.